The van der Waals surface area contributed by atoms with Gasteiger partial charge in [0.15, 0.2) is 0 Å². The summed E-state index contributed by atoms with van der Waals surface area (Å²) in [4.78, 5) is 19.6. The Labute approximate surface area is 145 Å². The van der Waals surface area contributed by atoms with Crippen LogP contribution < -0.4 is 4.90 Å². The normalized spacial score (nSPS) is 15.4. The highest BCUT2D eigenvalue weighted by Gasteiger charge is 2.27. The largest absolute Gasteiger partial charge is 0.444 e. The van der Waals surface area contributed by atoms with Gasteiger partial charge in [-0.05, 0) is 32.9 Å². The molecule has 0 unspecified atom stereocenters. The molecule has 0 bridgehead atoms. The van der Waals surface area contributed by atoms with Gasteiger partial charge in [-0.3, -0.25) is 0 Å². The number of hydrogen-bond donors (Lipinski definition) is 0. The number of rotatable bonds is 2. The van der Waals surface area contributed by atoms with Crippen LogP contribution in [0.2, 0.25) is 0 Å². The van der Waals surface area contributed by atoms with E-state index < -0.39 is 11.7 Å². The lowest BCUT2D eigenvalue weighted by Gasteiger charge is -2.37. The second kappa shape index (κ2) is 6.70. The maximum absolute atomic E-state index is 13.1. The molecule has 134 valence electrons. The third-order valence-electron chi connectivity index (χ3n) is 3.82. The summed E-state index contributed by atoms with van der Waals surface area (Å²) in [6.07, 6.45) is -1.26. The first-order valence-corrected chi connectivity index (χ1v) is 8.15. The molecule has 2 aromatic rings. The Hall–Kier alpha value is -2.64. The number of nitrogens with zero attached hydrogens (tertiary/aromatic N) is 4. The zero-order valence-corrected chi connectivity index (χ0v) is 14.5. The number of amides is 1. The molecule has 0 radical (unpaired) electrons. The smallest absolute Gasteiger partial charge is 0.410 e. The van der Waals surface area contributed by atoms with Crippen LogP contribution in [-0.2, 0) is 4.74 Å². The average molecular weight is 348 g/mol. The van der Waals surface area contributed by atoms with Gasteiger partial charge in [-0.1, -0.05) is 17.3 Å². The summed E-state index contributed by atoms with van der Waals surface area (Å²) in [5, 5.41) is 3.65. The molecular formula is C17H21FN4O3. The number of hydrogen-bond acceptors (Lipinski definition) is 6. The summed E-state index contributed by atoms with van der Waals surface area (Å²) in [6, 6.07) is 7.48. The fourth-order valence-corrected chi connectivity index (χ4v) is 2.71. The van der Waals surface area contributed by atoms with Crippen LogP contribution >= 0.6 is 0 Å². The Morgan fingerprint density at radius 3 is 2.48 bits per heavy atom. The minimum absolute atomic E-state index is 0.211. The molecule has 1 fully saturated rings. The van der Waals surface area contributed by atoms with Crippen LogP contribution in [0.1, 0.15) is 20.8 Å². The highest BCUT2D eigenvalue weighted by molar-refractivity contribution is 5.75. The van der Waals surface area contributed by atoms with E-state index in [2.05, 4.69) is 19.6 Å². The van der Waals surface area contributed by atoms with E-state index in [4.69, 9.17) is 4.74 Å². The highest BCUT2D eigenvalue weighted by Crippen LogP contribution is 2.29. The molecule has 1 amide bonds. The molecule has 1 saturated heterocycles. The van der Waals surface area contributed by atoms with Gasteiger partial charge < -0.3 is 19.1 Å². The van der Waals surface area contributed by atoms with E-state index in [0.717, 1.165) is 5.69 Å². The quantitative estimate of drug-likeness (QED) is 0.831. The van der Waals surface area contributed by atoms with Crippen molar-refractivity contribution in [3.05, 3.63) is 30.4 Å². The van der Waals surface area contributed by atoms with Crippen molar-refractivity contribution >= 4 is 11.8 Å². The number of carbonyl (C=O) groups is 1. The molecule has 0 aliphatic carbocycles. The molecule has 1 aliphatic heterocycles. The van der Waals surface area contributed by atoms with Crippen molar-refractivity contribution in [2.45, 2.75) is 26.4 Å². The second-order valence-corrected chi connectivity index (χ2v) is 6.84. The van der Waals surface area contributed by atoms with Crippen LogP contribution in [0.5, 0.6) is 0 Å². The van der Waals surface area contributed by atoms with E-state index in [1.54, 1.807) is 4.90 Å². The molecule has 2 heterocycles. The van der Waals surface area contributed by atoms with Crippen LogP contribution in [0.3, 0.4) is 0 Å². The molecule has 3 rings (SSSR count). The average Bonchev–Trinajstić information content (AvgIpc) is 3.00. The molecule has 1 aliphatic rings. The summed E-state index contributed by atoms with van der Waals surface area (Å²) in [5.41, 5.74) is 1.07. The van der Waals surface area contributed by atoms with Crippen LogP contribution in [-0.4, -0.2) is 52.9 Å². The first-order valence-electron chi connectivity index (χ1n) is 8.15. The van der Waals surface area contributed by atoms with E-state index >= 15 is 0 Å². The van der Waals surface area contributed by atoms with Crippen molar-refractivity contribution in [3.63, 3.8) is 0 Å². The molecule has 1 aromatic heterocycles. The Morgan fingerprint density at radius 2 is 1.88 bits per heavy atom. The molecule has 0 N–H and O–H groups in total. The molecule has 8 heteroatoms. The van der Waals surface area contributed by atoms with Gasteiger partial charge in [0.1, 0.15) is 5.60 Å². The monoisotopic (exact) mass is 348 g/mol. The van der Waals surface area contributed by atoms with Gasteiger partial charge >= 0.3 is 12.2 Å². The molecular weight excluding hydrogens is 327 g/mol. The predicted octanol–water partition coefficient (Wildman–Crippen LogP) is 2.93. The minimum Gasteiger partial charge on any atom is -0.444 e. The van der Waals surface area contributed by atoms with Gasteiger partial charge in [-0.25, -0.2) is 4.79 Å². The number of piperazine rings is 1. The summed E-state index contributed by atoms with van der Waals surface area (Å²) in [5.74, 6) is 0.211. The summed E-state index contributed by atoms with van der Waals surface area (Å²) < 4.78 is 22.9. The van der Waals surface area contributed by atoms with Crippen molar-refractivity contribution < 1.29 is 18.4 Å². The van der Waals surface area contributed by atoms with Gasteiger partial charge in [0.2, 0.25) is 5.82 Å². The highest BCUT2D eigenvalue weighted by atomic mass is 19.1. The fourth-order valence-electron chi connectivity index (χ4n) is 2.71. The third-order valence-corrected chi connectivity index (χ3v) is 3.82. The Kier molecular flexibility index (Phi) is 4.61. The number of benzene rings is 1. The summed E-state index contributed by atoms with van der Waals surface area (Å²) in [7, 11) is 0. The molecule has 0 atom stereocenters. The first-order chi connectivity index (χ1) is 11.8. The van der Waals surface area contributed by atoms with E-state index in [0.29, 0.717) is 31.7 Å². The van der Waals surface area contributed by atoms with Gasteiger partial charge in [0, 0.05) is 37.4 Å². The van der Waals surface area contributed by atoms with Gasteiger partial charge in [-0.2, -0.15) is 4.98 Å². The van der Waals surface area contributed by atoms with Crippen LogP contribution in [0.15, 0.2) is 28.8 Å². The number of carbonyl (C=O) groups excluding carboxylic acids is 1. The van der Waals surface area contributed by atoms with Gasteiger partial charge in [0.25, 0.3) is 0 Å². The van der Waals surface area contributed by atoms with Gasteiger partial charge in [0.05, 0.1) is 0 Å². The lowest BCUT2D eigenvalue weighted by atomic mass is 10.1. The van der Waals surface area contributed by atoms with Crippen molar-refractivity contribution in [1.29, 1.82) is 0 Å². The standard InChI is InChI=1S/C17H21FN4O3/c1-17(2,3)24-16(23)22-10-8-21(9-11-22)13-7-5-4-6-12(13)14-19-15(18)25-20-14/h4-7H,8-11H2,1-3H3. The van der Waals surface area contributed by atoms with E-state index in [9.17, 15) is 9.18 Å². The predicted molar refractivity (Wildman–Crippen MR) is 89.7 cm³/mol. The first kappa shape index (κ1) is 17.2. The molecule has 0 spiro atoms. The fraction of sp³-hybridized carbons (Fsp3) is 0.471. The number of halogens is 1. The summed E-state index contributed by atoms with van der Waals surface area (Å²) in [6.45, 7) is 7.91. The zero-order chi connectivity index (χ0) is 18.0. The van der Waals surface area contributed by atoms with Gasteiger partial charge in [-0.15, -0.1) is 4.39 Å². The minimum atomic E-state index is -0.959. The Balaban J connectivity index is 1.71. The zero-order valence-electron chi connectivity index (χ0n) is 14.5. The Bertz CT molecular complexity index is 748. The van der Waals surface area contributed by atoms with Crippen molar-refractivity contribution in [2.75, 3.05) is 31.1 Å². The third kappa shape index (κ3) is 4.07. The van der Waals surface area contributed by atoms with E-state index in [-0.39, 0.29) is 11.9 Å². The number of para-hydroxylation sites is 1. The molecule has 25 heavy (non-hydrogen) atoms. The van der Waals surface area contributed by atoms with Crippen molar-refractivity contribution in [3.8, 4) is 11.4 Å². The van der Waals surface area contributed by atoms with Crippen LogP contribution in [0.25, 0.3) is 11.4 Å². The van der Waals surface area contributed by atoms with Crippen molar-refractivity contribution in [1.82, 2.24) is 15.0 Å². The van der Waals surface area contributed by atoms with E-state index in [1.165, 1.54) is 0 Å². The summed E-state index contributed by atoms with van der Waals surface area (Å²) >= 11 is 0. The van der Waals surface area contributed by atoms with E-state index in [1.807, 2.05) is 45.0 Å². The maximum Gasteiger partial charge on any atom is 0.410 e. The van der Waals surface area contributed by atoms with Crippen LogP contribution in [0.4, 0.5) is 14.9 Å². The number of aromatic nitrogens is 2. The lowest BCUT2D eigenvalue weighted by molar-refractivity contribution is 0.0240. The number of anilines is 1. The number of ether oxygens (including phenoxy) is 1. The van der Waals surface area contributed by atoms with Crippen LogP contribution in [0, 0.1) is 6.14 Å². The Morgan fingerprint density at radius 1 is 1.20 bits per heavy atom. The second-order valence-electron chi connectivity index (χ2n) is 6.84. The molecule has 1 aromatic carbocycles. The topological polar surface area (TPSA) is 71.7 Å². The SMILES string of the molecule is CC(C)(C)OC(=O)N1CCN(c2ccccc2-c2noc(F)n2)CC1. The lowest BCUT2D eigenvalue weighted by Crippen LogP contribution is -2.50. The molecule has 0 saturated carbocycles. The van der Waals surface area contributed by atoms with Crippen molar-refractivity contribution in [2.24, 2.45) is 0 Å². The molecule has 7 nitrogen and oxygen atoms in total. The maximum atomic E-state index is 13.1.